The zero-order valence-electron chi connectivity index (χ0n) is 21.9. The van der Waals surface area contributed by atoms with Crippen LogP contribution in [0.3, 0.4) is 0 Å². The summed E-state index contributed by atoms with van der Waals surface area (Å²) < 4.78 is 2.32. The molecule has 0 aliphatic carbocycles. The molecule has 6 rings (SSSR count). The predicted molar refractivity (Wildman–Crippen MR) is 160 cm³/mol. The first kappa shape index (κ1) is 24.6. The molecule has 0 aliphatic heterocycles. The fraction of sp³-hybridized carbons (Fsp3) is 0.143. The van der Waals surface area contributed by atoms with E-state index >= 15 is 0 Å². The lowest BCUT2D eigenvalue weighted by atomic mass is 10.0. The number of amides is 1. The van der Waals surface area contributed by atoms with Crippen molar-refractivity contribution in [2.45, 2.75) is 25.8 Å². The topological polar surface area (TPSA) is 46.9 Å². The highest BCUT2D eigenvalue weighted by molar-refractivity contribution is 5.83. The number of hydrogen-bond acceptors (Lipinski definition) is 2. The highest BCUT2D eigenvalue weighted by Gasteiger charge is 2.12. The molecule has 1 N–H and O–H groups in total. The molecule has 0 bridgehead atoms. The third-order valence-corrected chi connectivity index (χ3v) is 7.21. The lowest BCUT2D eigenvalue weighted by Gasteiger charge is -2.11. The minimum atomic E-state index is 0.0483. The summed E-state index contributed by atoms with van der Waals surface area (Å²) in [5.41, 5.74) is 6.76. The Morgan fingerprint density at radius 2 is 1.38 bits per heavy atom. The molecule has 4 nitrogen and oxygen atoms in total. The largest absolute Gasteiger partial charge is 0.356 e. The van der Waals surface area contributed by atoms with Crippen molar-refractivity contribution >= 4 is 27.7 Å². The van der Waals surface area contributed by atoms with Gasteiger partial charge in [0.2, 0.25) is 5.91 Å². The van der Waals surface area contributed by atoms with Gasteiger partial charge in [-0.3, -0.25) is 4.79 Å². The summed E-state index contributed by atoms with van der Waals surface area (Å²) in [5.74, 6) is 1.10. The maximum Gasteiger partial charge on any atom is 0.224 e. The maximum absolute atomic E-state index is 12.6. The van der Waals surface area contributed by atoms with E-state index in [1.54, 1.807) is 0 Å². The van der Waals surface area contributed by atoms with Crippen molar-refractivity contribution in [1.82, 2.24) is 14.9 Å². The second-order valence-corrected chi connectivity index (χ2v) is 9.98. The van der Waals surface area contributed by atoms with Crippen LogP contribution in [-0.4, -0.2) is 22.0 Å². The van der Waals surface area contributed by atoms with E-state index in [4.69, 9.17) is 4.98 Å². The lowest BCUT2D eigenvalue weighted by molar-refractivity contribution is -0.120. The first-order valence-corrected chi connectivity index (χ1v) is 13.6. The molecule has 0 fully saturated rings. The van der Waals surface area contributed by atoms with Crippen molar-refractivity contribution in [3.05, 3.63) is 138 Å². The summed E-state index contributed by atoms with van der Waals surface area (Å²) in [4.78, 5) is 17.5. The summed E-state index contributed by atoms with van der Waals surface area (Å²) >= 11 is 0. The molecule has 0 spiro atoms. The molecule has 39 heavy (non-hydrogen) atoms. The van der Waals surface area contributed by atoms with Gasteiger partial charge in [0.25, 0.3) is 0 Å². The Morgan fingerprint density at radius 3 is 2.23 bits per heavy atom. The summed E-state index contributed by atoms with van der Waals surface area (Å²) in [6.07, 6.45) is 2.02. The van der Waals surface area contributed by atoms with Crippen molar-refractivity contribution in [2.75, 3.05) is 6.54 Å². The van der Waals surface area contributed by atoms with Gasteiger partial charge in [-0.25, -0.2) is 4.98 Å². The van der Waals surface area contributed by atoms with Crippen LogP contribution in [0.4, 0.5) is 0 Å². The molecular formula is C35H31N3O. The van der Waals surface area contributed by atoms with Crippen LogP contribution in [0.1, 0.15) is 23.4 Å². The van der Waals surface area contributed by atoms with Crippen molar-refractivity contribution in [2.24, 2.45) is 0 Å². The summed E-state index contributed by atoms with van der Waals surface area (Å²) in [6.45, 7) is 1.39. The van der Waals surface area contributed by atoms with Crippen molar-refractivity contribution < 1.29 is 4.79 Å². The first-order valence-electron chi connectivity index (χ1n) is 13.6. The van der Waals surface area contributed by atoms with E-state index < -0.39 is 0 Å². The van der Waals surface area contributed by atoms with E-state index in [2.05, 4.69) is 94.8 Å². The van der Waals surface area contributed by atoms with Crippen molar-refractivity contribution in [3.63, 3.8) is 0 Å². The number of carbonyl (C=O) groups is 1. The quantitative estimate of drug-likeness (QED) is 0.210. The monoisotopic (exact) mass is 509 g/mol. The third-order valence-electron chi connectivity index (χ3n) is 7.21. The number of para-hydroxylation sites is 2. The van der Waals surface area contributed by atoms with E-state index in [1.165, 1.54) is 21.9 Å². The van der Waals surface area contributed by atoms with Gasteiger partial charge in [-0.2, -0.15) is 0 Å². The van der Waals surface area contributed by atoms with Crippen LogP contribution >= 0.6 is 0 Å². The minimum absolute atomic E-state index is 0.0483. The van der Waals surface area contributed by atoms with Gasteiger partial charge < -0.3 is 9.88 Å². The molecule has 0 radical (unpaired) electrons. The van der Waals surface area contributed by atoms with Gasteiger partial charge in [0.15, 0.2) is 0 Å². The fourth-order valence-corrected chi connectivity index (χ4v) is 5.18. The number of carbonyl (C=O) groups excluding carboxylic acids is 1. The molecule has 1 aromatic heterocycles. The molecule has 0 atom stereocenters. The van der Waals surface area contributed by atoms with Gasteiger partial charge in [-0.05, 0) is 57.6 Å². The molecule has 0 saturated heterocycles. The van der Waals surface area contributed by atoms with E-state index in [1.807, 2.05) is 36.4 Å². The van der Waals surface area contributed by atoms with Crippen molar-refractivity contribution in [1.29, 1.82) is 0 Å². The highest BCUT2D eigenvalue weighted by atomic mass is 16.1. The molecule has 1 heterocycles. The molecule has 0 aliphatic rings. The zero-order valence-corrected chi connectivity index (χ0v) is 21.9. The summed E-state index contributed by atoms with van der Waals surface area (Å²) in [6, 6.07) is 41.9. The number of hydrogen-bond donors (Lipinski definition) is 1. The predicted octanol–water partition coefficient (Wildman–Crippen LogP) is 7.20. The van der Waals surface area contributed by atoms with Crippen LogP contribution < -0.4 is 5.32 Å². The normalized spacial score (nSPS) is 11.2. The average Bonchev–Trinajstić information content (AvgIpc) is 3.33. The van der Waals surface area contributed by atoms with E-state index in [0.29, 0.717) is 13.0 Å². The van der Waals surface area contributed by atoms with Gasteiger partial charge in [0.05, 0.1) is 17.5 Å². The van der Waals surface area contributed by atoms with Crippen LogP contribution in [0, 0.1) is 0 Å². The van der Waals surface area contributed by atoms with Crippen LogP contribution in [-0.2, 0) is 24.2 Å². The Hall–Kier alpha value is -4.70. The molecule has 6 aromatic rings. The van der Waals surface area contributed by atoms with Crippen molar-refractivity contribution in [3.8, 4) is 11.1 Å². The third kappa shape index (κ3) is 5.75. The fourth-order valence-electron chi connectivity index (χ4n) is 5.18. The molecule has 4 heteroatoms. The molecule has 0 unspecified atom stereocenters. The second kappa shape index (κ2) is 11.4. The van der Waals surface area contributed by atoms with Gasteiger partial charge in [0.1, 0.15) is 5.82 Å². The second-order valence-electron chi connectivity index (χ2n) is 9.98. The van der Waals surface area contributed by atoms with E-state index in [9.17, 15) is 4.79 Å². The van der Waals surface area contributed by atoms with Gasteiger partial charge >= 0.3 is 0 Å². The number of benzene rings is 5. The Kier molecular flexibility index (Phi) is 7.17. The highest BCUT2D eigenvalue weighted by Crippen LogP contribution is 2.22. The number of aromatic nitrogens is 2. The standard InChI is InChI=1S/C35H31N3O/c39-35(24-26-16-19-30(20-17-26)28-9-2-1-3-10-28)36-22-8-15-34-37-32-13-6-7-14-33(32)38(34)25-27-18-21-29-11-4-5-12-31(29)23-27/h1-7,9-14,16-21,23H,8,15,22,24-25H2,(H,36,39). The summed E-state index contributed by atoms with van der Waals surface area (Å²) in [5, 5.41) is 5.59. The Labute approximate surface area is 229 Å². The molecular weight excluding hydrogens is 478 g/mol. The van der Waals surface area contributed by atoms with Gasteiger partial charge in [0, 0.05) is 19.5 Å². The number of nitrogens with zero attached hydrogens (tertiary/aromatic N) is 2. The van der Waals surface area contributed by atoms with Gasteiger partial charge in [-0.15, -0.1) is 0 Å². The smallest absolute Gasteiger partial charge is 0.224 e. The van der Waals surface area contributed by atoms with Crippen LogP contribution in [0.2, 0.25) is 0 Å². The Balaban J connectivity index is 1.07. The number of rotatable bonds is 9. The molecule has 5 aromatic carbocycles. The Bertz CT molecular complexity index is 1720. The van der Waals surface area contributed by atoms with Gasteiger partial charge in [-0.1, -0.05) is 103 Å². The SMILES string of the molecule is O=C(Cc1ccc(-c2ccccc2)cc1)NCCCc1nc2ccccc2n1Cc1ccc2ccccc2c1. The number of imidazole rings is 1. The number of nitrogens with one attached hydrogen (secondary N) is 1. The van der Waals surface area contributed by atoms with E-state index in [-0.39, 0.29) is 5.91 Å². The van der Waals surface area contributed by atoms with Crippen LogP contribution in [0.15, 0.2) is 121 Å². The Morgan fingerprint density at radius 1 is 0.692 bits per heavy atom. The summed E-state index contributed by atoms with van der Waals surface area (Å²) in [7, 11) is 0. The first-order chi connectivity index (χ1) is 19.2. The molecule has 1 amide bonds. The minimum Gasteiger partial charge on any atom is -0.356 e. The van der Waals surface area contributed by atoms with Crippen LogP contribution in [0.25, 0.3) is 32.9 Å². The molecule has 0 saturated carbocycles. The average molecular weight is 510 g/mol. The molecule has 192 valence electrons. The number of aryl methyl sites for hydroxylation is 1. The van der Waals surface area contributed by atoms with Crippen LogP contribution in [0.5, 0.6) is 0 Å². The number of fused-ring (bicyclic) bond motifs is 2. The maximum atomic E-state index is 12.6. The zero-order chi connectivity index (χ0) is 26.4. The lowest BCUT2D eigenvalue weighted by Crippen LogP contribution is -2.26. The van der Waals surface area contributed by atoms with E-state index in [0.717, 1.165) is 47.4 Å².